The molecule has 0 unspecified atom stereocenters. The van der Waals surface area contributed by atoms with Crippen LogP contribution in [0.15, 0.2) is 12.7 Å². The van der Waals surface area contributed by atoms with Crippen LogP contribution < -0.4 is 0 Å². The van der Waals surface area contributed by atoms with Gasteiger partial charge in [-0.1, -0.05) is 32.3 Å². The molecule has 0 radical (unpaired) electrons. The van der Waals surface area contributed by atoms with Crippen LogP contribution in [-0.2, 0) is 18.4 Å². The van der Waals surface area contributed by atoms with Gasteiger partial charge in [0.2, 0.25) is 0 Å². The number of carbonyl (C=O) groups is 1. The molecule has 106 valence electrons. The van der Waals surface area contributed by atoms with E-state index in [0.29, 0.717) is 6.61 Å². The number of rotatable bonds is 11. The molecule has 0 amide bonds. The fourth-order valence-electron chi connectivity index (χ4n) is 1.60. The first-order valence-electron chi connectivity index (χ1n) is 6.47. The van der Waals surface area contributed by atoms with Crippen LogP contribution in [0.2, 0.25) is 12.6 Å². The fraction of sp³-hybridized carbons (Fsp3) is 0.769. The van der Waals surface area contributed by atoms with Crippen LogP contribution in [0.4, 0.5) is 0 Å². The van der Waals surface area contributed by atoms with Crippen molar-refractivity contribution in [1.82, 2.24) is 0 Å². The lowest BCUT2D eigenvalue weighted by molar-refractivity contribution is -0.137. The van der Waals surface area contributed by atoms with Gasteiger partial charge in [0.25, 0.3) is 0 Å². The molecule has 0 aromatic rings. The van der Waals surface area contributed by atoms with Crippen LogP contribution in [0.1, 0.15) is 32.1 Å². The summed E-state index contributed by atoms with van der Waals surface area (Å²) in [5.74, 6) is -0.336. The van der Waals surface area contributed by atoms with Crippen molar-refractivity contribution < 1.29 is 18.4 Å². The largest absolute Gasteiger partial charge is 0.463 e. The molecule has 0 atom stereocenters. The summed E-state index contributed by atoms with van der Waals surface area (Å²) in [6.45, 7) is 5.92. The Morgan fingerprint density at radius 2 is 1.67 bits per heavy atom. The highest BCUT2D eigenvalue weighted by molar-refractivity contribution is 6.65. The Hall–Kier alpha value is -0.653. The van der Waals surface area contributed by atoms with Gasteiger partial charge in [-0.25, -0.2) is 4.79 Å². The van der Waals surface area contributed by atoms with Crippen molar-refractivity contribution in [2.45, 2.75) is 44.7 Å². The summed E-state index contributed by atoms with van der Waals surface area (Å²) in [5.41, 5.74) is 0. The third kappa shape index (κ3) is 8.44. The first kappa shape index (κ1) is 17.3. The van der Waals surface area contributed by atoms with E-state index in [4.69, 9.17) is 13.6 Å². The summed E-state index contributed by atoms with van der Waals surface area (Å²) in [4.78, 5) is 10.8. The Kier molecular flexibility index (Phi) is 9.91. The van der Waals surface area contributed by atoms with E-state index in [1.165, 1.54) is 12.5 Å². The standard InChI is InChI=1S/C13H26O4Si/c1-5-13(14)17-11-9-7-6-8-10-12-18(4,15-2)16-3/h5H,1,6-12H2,2-4H3. The summed E-state index contributed by atoms with van der Waals surface area (Å²) < 4.78 is 15.7. The second-order valence-electron chi connectivity index (χ2n) is 4.43. The molecule has 0 aromatic heterocycles. The van der Waals surface area contributed by atoms with Crippen molar-refractivity contribution in [3.05, 3.63) is 12.7 Å². The van der Waals surface area contributed by atoms with Crippen molar-refractivity contribution in [3.8, 4) is 0 Å². The number of hydrogen-bond donors (Lipinski definition) is 0. The van der Waals surface area contributed by atoms with Gasteiger partial charge in [-0.15, -0.1) is 0 Å². The zero-order valence-electron chi connectivity index (χ0n) is 11.9. The number of unbranched alkanes of at least 4 members (excludes halogenated alkanes) is 4. The predicted molar refractivity (Wildman–Crippen MR) is 74.7 cm³/mol. The fourth-order valence-corrected chi connectivity index (χ4v) is 3.06. The Bertz CT molecular complexity index is 239. The topological polar surface area (TPSA) is 44.8 Å². The van der Waals surface area contributed by atoms with E-state index in [9.17, 15) is 4.79 Å². The molecule has 18 heavy (non-hydrogen) atoms. The van der Waals surface area contributed by atoms with Gasteiger partial charge in [0.05, 0.1) is 6.61 Å². The van der Waals surface area contributed by atoms with Gasteiger partial charge in [-0.05, 0) is 19.0 Å². The molecular weight excluding hydrogens is 248 g/mol. The lowest BCUT2D eigenvalue weighted by Gasteiger charge is -2.22. The van der Waals surface area contributed by atoms with Crippen molar-refractivity contribution in [2.75, 3.05) is 20.8 Å². The minimum Gasteiger partial charge on any atom is -0.463 e. The Morgan fingerprint density at radius 3 is 2.22 bits per heavy atom. The van der Waals surface area contributed by atoms with E-state index in [1.54, 1.807) is 14.2 Å². The first-order chi connectivity index (χ1) is 8.58. The molecule has 0 saturated heterocycles. The van der Waals surface area contributed by atoms with E-state index in [2.05, 4.69) is 13.1 Å². The molecule has 0 heterocycles. The van der Waals surface area contributed by atoms with Gasteiger partial charge in [0.1, 0.15) is 0 Å². The average Bonchev–Trinajstić information content (AvgIpc) is 2.41. The van der Waals surface area contributed by atoms with E-state index >= 15 is 0 Å². The van der Waals surface area contributed by atoms with E-state index in [-0.39, 0.29) is 5.97 Å². The van der Waals surface area contributed by atoms with Gasteiger partial charge < -0.3 is 13.6 Å². The van der Waals surface area contributed by atoms with Crippen molar-refractivity contribution in [3.63, 3.8) is 0 Å². The lowest BCUT2D eigenvalue weighted by Crippen LogP contribution is -2.35. The van der Waals surface area contributed by atoms with Crippen molar-refractivity contribution in [2.24, 2.45) is 0 Å². The maximum atomic E-state index is 10.8. The summed E-state index contributed by atoms with van der Waals surface area (Å²) >= 11 is 0. The van der Waals surface area contributed by atoms with E-state index in [1.807, 2.05) is 0 Å². The van der Waals surface area contributed by atoms with Crippen LogP contribution in [-0.4, -0.2) is 35.4 Å². The molecule has 0 aliphatic carbocycles. The number of carbonyl (C=O) groups excluding carboxylic acids is 1. The van der Waals surface area contributed by atoms with Gasteiger partial charge in [0.15, 0.2) is 0 Å². The summed E-state index contributed by atoms with van der Waals surface area (Å²) in [6.07, 6.45) is 6.66. The third-order valence-corrected chi connectivity index (χ3v) is 6.04. The highest BCUT2D eigenvalue weighted by Crippen LogP contribution is 2.16. The molecule has 4 nitrogen and oxygen atoms in total. The number of esters is 1. The zero-order valence-corrected chi connectivity index (χ0v) is 12.9. The maximum Gasteiger partial charge on any atom is 0.334 e. The SMILES string of the molecule is C=CC(=O)OCCCCCCC[Si](C)(OC)OC. The summed E-state index contributed by atoms with van der Waals surface area (Å²) in [6, 6.07) is 1.03. The summed E-state index contributed by atoms with van der Waals surface area (Å²) in [5, 5.41) is 0. The highest BCUT2D eigenvalue weighted by Gasteiger charge is 2.27. The molecule has 0 saturated carbocycles. The van der Waals surface area contributed by atoms with Gasteiger partial charge >= 0.3 is 14.5 Å². The molecule has 5 heteroatoms. The van der Waals surface area contributed by atoms with Crippen LogP contribution in [0.3, 0.4) is 0 Å². The molecule has 0 aromatic carbocycles. The van der Waals surface area contributed by atoms with Gasteiger partial charge in [0, 0.05) is 20.3 Å². The van der Waals surface area contributed by atoms with Crippen LogP contribution in [0.25, 0.3) is 0 Å². The lowest BCUT2D eigenvalue weighted by atomic mass is 10.2. The average molecular weight is 274 g/mol. The molecule has 0 aliphatic rings. The van der Waals surface area contributed by atoms with Crippen LogP contribution >= 0.6 is 0 Å². The van der Waals surface area contributed by atoms with E-state index < -0.39 is 8.56 Å². The molecule has 0 spiro atoms. The second-order valence-corrected chi connectivity index (χ2v) is 8.02. The Labute approximate surface area is 112 Å². The second kappa shape index (κ2) is 10.3. The number of ether oxygens (including phenoxy) is 1. The molecule has 0 fully saturated rings. The first-order valence-corrected chi connectivity index (χ1v) is 9.00. The zero-order chi connectivity index (χ0) is 13.9. The van der Waals surface area contributed by atoms with E-state index in [0.717, 1.165) is 31.7 Å². The van der Waals surface area contributed by atoms with Crippen LogP contribution in [0.5, 0.6) is 0 Å². The van der Waals surface area contributed by atoms with Crippen molar-refractivity contribution >= 4 is 14.5 Å². The van der Waals surface area contributed by atoms with Crippen molar-refractivity contribution in [1.29, 1.82) is 0 Å². The quantitative estimate of drug-likeness (QED) is 0.251. The molecule has 0 N–H and O–H groups in total. The minimum absolute atomic E-state index is 0.336. The number of hydrogen-bond acceptors (Lipinski definition) is 4. The Balaban J connectivity index is 3.36. The summed E-state index contributed by atoms with van der Waals surface area (Å²) in [7, 11) is 1.58. The Morgan fingerprint density at radius 1 is 1.11 bits per heavy atom. The minimum atomic E-state index is -1.87. The molecule has 0 rings (SSSR count). The normalized spacial score (nSPS) is 11.3. The molecule has 0 bridgehead atoms. The molecular formula is C13H26O4Si. The maximum absolute atomic E-state index is 10.8. The van der Waals surface area contributed by atoms with Crippen LogP contribution in [0, 0.1) is 0 Å². The van der Waals surface area contributed by atoms with Gasteiger partial charge in [-0.2, -0.15) is 0 Å². The molecule has 0 aliphatic heterocycles. The third-order valence-electron chi connectivity index (χ3n) is 3.05. The van der Waals surface area contributed by atoms with Gasteiger partial charge in [-0.3, -0.25) is 0 Å². The monoisotopic (exact) mass is 274 g/mol. The smallest absolute Gasteiger partial charge is 0.334 e. The highest BCUT2D eigenvalue weighted by atomic mass is 28.4. The predicted octanol–water partition coefficient (Wildman–Crippen LogP) is 3.03.